The van der Waals surface area contributed by atoms with E-state index in [-0.39, 0.29) is 10.8 Å². The predicted molar refractivity (Wildman–Crippen MR) is 88.7 cm³/mol. The van der Waals surface area contributed by atoms with Crippen molar-refractivity contribution < 1.29 is 19.4 Å². The third kappa shape index (κ3) is 4.03. The van der Waals surface area contributed by atoms with Gasteiger partial charge in [-0.3, -0.25) is 4.79 Å². The van der Waals surface area contributed by atoms with Gasteiger partial charge in [0, 0.05) is 16.1 Å². The Balaban J connectivity index is 2.22. The maximum atomic E-state index is 12.4. The van der Waals surface area contributed by atoms with Gasteiger partial charge < -0.3 is 9.84 Å². The van der Waals surface area contributed by atoms with Crippen molar-refractivity contribution in [3.8, 4) is 5.75 Å². The minimum Gasteiger partial charge on any atom is -0.478 e. The topological polar surface area (TPSA) is 63.6 Å². The van der Waals surface area contributed by atoms with Crippen LogP contribution in [0.15, 0.2) is 42.5 Å². The summed E-state index contributed by atoms with van der Waals surface area (Å²) in [5.74, 6) is -0.975. The van der Waals surface area contributed by atoms with Gasteiger partial charge in [-0.15, -0.1) is 0 Å². The van der Waals surface area contributed by atoms with Crippen molar-refractivity contribution in [1.29, 1.82) is 0 Å². The molecule has 0 bridgehead atoms. The monoisotopic (exact) mass is 352 g/mol. The van der Waals surface area contributed by atoms with Crippen LogP contribution < -0.4 is 4.74 Å². The first-order valence-corrected chi connectivity index (χ1v) is 7.48. The summed E-state index contributed by atoms with van der Waals surface area (Å²) in [5.41, 5.74) is -0.601. The van der Waals surface area contributed by atoms with Gasteiger partial charge >= 0.3 is 5.97 Å². The van der Waals surface area contributed by atoms with Crippen LogP contribution in [-0.4, -0.2) is 22.5 Å². The van der Waals surface area contributed by atoms with E-state index in [0.717, 1.165) is 0 Å². The van der Waals surface area contributed by atoms with E-state index in [9.17, 15) is 9.59 Å². The summed E-state index contributed by atoms with van der Waals surface area (Å²) in [6.45, 7) is 2.89. The van der Waals surface area contributed by atoms with Gasteiger partial charge in [0.25, 0.3) is 0 Å². The molecule has 0 amide bonds. The van der Waals surface area contributed by atoms with Gasteiger partial charge in [-0.25, -0.2) is 4.79 Å². The third-order valence-electron chi connectivity index (χ3n) is 3.18. The summed E-state index contributed by atoms with van der Waals surface area (Å²) in [6, 6.07) is 10.9. The number of carboxylic acid groups (broad SMARTS) is 1. The van der Waals surface area contributed by atoms with Crippen LogP contribution in [0.25, 0.3) is 0 Å². The molecule has 0 heterocycles. The predicted octanol–water partition coefficient (Wildman–Crippen LogP) is 4.47. The fourth-order valence-electron chi connectivity index (χ4n) is 1.84. The van der Waals surface area contributed by atoms with E-state index >= 15 is 0 Å². The number of aliphatic carboxylic acids is 1. The highest BCUT2D eigenvalue weighted by Crippen LogP contribution is 2.25. The molecule has 0 aliphatic rings. The van der Waals surface area contributed by atoms with Crippen LogP contribution in [0.5, 0.6) is 5.75 Å². The van der Waals surface area contributed by atoms with Crippen LogP contribution in [0, 0.1) is 0 Å². The Bertz CT molecular complexity index is 752. The van der Waals surface area contributed by atoms with Crippen LogP contribution in [0.2, 0.25) is 10.0 Å². The molecule has 0 aliphatic carbocycles. The summed E-state index contributed by atoms with van der Waals surface area (Å²) in [5, 5.41) is 9.77. The van der Waals surface area contributed by atoms with Crippen molar-refractivity contribution in [3.05, 3.63) is 63.6 Å². The average molecular weight is 353 g/mol. The number of halogens is 2. The number of carboxylic acids is 1. The molecule has 120 valence electrons. The number of ether oxygens (including phenoxy) is 1. The van der Waals surface area contributed by atoms with Crippen LogP contribution in [0.4, 0.5) is 0 Å². The van der Waals surface area contributed by atoms with Crippen molar-refractivity contribution >= 4 is 35.0 Å². The molecular weight excluding hydrogens is 339 g/mol. The fourth-order valence-corrected chi connectivity index (χ4v) is 2.34. The molecule has 0 spiro atoms. The lowest BCUT2D eigenvalue weighted by Gasteiger charge is -2.21. The van der Waals surface area contributed by atoms with E-state index in [1.165, 1.54) is 19.9 Å². The van der Waals surface area contributed by atoms with Crippen LogP contribution >= 0.6 is 23.2 Å². The smallest absolute Gasteiger partial charge is 0.347 e. The molecule has 0 saturated carbocycles. The van der Waals surface area contributed by atoms with Crippen molar-refractivity contribution in [3.63, 3.8) is 0 Å². The molecule has 0 aliphatic heterocycles. The lowest BCUT2D eigenvalue weighted by molar-refractivity contribution is -0.152. The molecule has 23 heavy (non-hydrogen) atoms. The standard InChI is InChI=1S/C17H14Cl2O4/c1-17(2,16(21)22)23-12-6-3-10(4-7-12)15(20)13-8-5-11(18)9-14(13)19/h3-9H,1-2H3,(H,21,22). The lowest BCUT2D eigenvalue weighted by atomic mass is 10.0. The number of benzene rings is 2. The molecule has 6 heteroatoms. The van der Waals surface area contributed by atoms with Gasteiger partial charge in [0.1, 0.15) is 5.75 Å². The van der Waals surface area contributed by atoms with E-state index in [0.29, 0.717) is 21.9 Å². The molecule has 0 aromatic heterocycles. The van der Waals surface area contributed by atoms with Crippen molar-refractivity contribution in [2.75, 3.05) is 0 Å². The van der Waals surface area contributed by atoms with Gasteiger partial charge in [-0.2, -0.15) is 0 Å². The van der Waals surface area contributed by atoms with E-state index in [2.05, 4.69) is 0 Å². The molecule has 2 aromatic carbocycles. The number of carbonyl (C=O) groups is 2. The summed E-state index contributed by atoms with van der Waals surface area (Å²) in [6.07, 6.45) is 0. The third-order valence-corrected chi connectivity index (χ3v) is 3.73. The second-order valence-corrected chi connectivity index (χ2v) is 6.24. The lowest BCUT2D eigenvalue weighted by Crippen LogP contribution is -2.37. The first-order valence-electron chi connectivity index (χ1n) is 6.73. The fraction of sp³-hybridized carbons (Fsp3) is 0.176. The quantitative estimate of drug-likeness (QED) is 0.806. The molecule has 1 N–H and O–H groups in total. The zero-order valence-corrected chi connectivity index (χ0v) is 14.0. The Morgan fingerprint density at radius 1 is 1.04 bits per heavy atom. The van der Waals surface area contributed by atoms with E-state index < -0.39 is 11.6 Å². The number of ketones is 1. The van der Waals surface area contributed by atoms with E-state index in [1.807, 2.05) is 0 Å². The van der Waals surface area contributed by atoms with Gasteiger partial charge in [0.2, 0.25) is 0 Å². The summed E-state index contributed by atoms with van der Waals surface area (Å²) in [7, 11) is 0. The Kier molecular flexibility index (Phi) is 4.97. The highest BCUT2D eigenvalue weighted by Gasteiger charge is 2.29. The molecule has 2 aromatic rings. The molecule has 0 atom stereocenters. The Morgan fingerprint density at radius 2 is 1.65 bits per heavy atom. The second kappa shape index (κ2) is 6.60. The van der Waals surface area contributed by atoms with Crippen molar-refractivity contribution in [2.45, 2.75) is 19.4 Å². The van der Waals surface area contributed by atoms with Crippen LogP contribution in [-0.2, 0) is 4.79 Å². The zero-order valence-electron chi connectivity index (χ0n) is 12.5. The molecule has 4 nitrogen and oxygen atoms in total. The highest BCUT2D eigenvalue weighted by atomic mass is 35.5. The molecule has 2 rings (SSSR count). The average Bonchev–Trinajstić information content (AvgIpc) is 2.47. The first-order chi connectivity index (χ1) is 10.7. The van der Waals surface area contributed by atoms with Gasteiger partial charge in [-0.05, 0) is 56.3 Å². The Morgan fingerprint density at radius 3 is 2.17 bits per heavy atom. The maximum absolute atomic E-state index is 12.4. The Hall–Kier alpha value is -2.04. The second-order valence-electron chi connectivity index (χ2n) is 5.40. The van der Waals surface area contributed by atoms with Gasteiger partial charge in [-0.1, -0.05) is 23.2 Å². The van der Waals surface area contributed by atoms with Crippen LogP contribution in [0.3, 0.4) is 0 Å². The number of hydrogen-bond acceptors (Lipinski definition) is 3. The number of carbonyl (C=O) groups excluding carboxylic acids is 1. The summed E-state index contributed by atoms with van der Waals surface area (Å²) >= 11 is 11.8. The van der Waals surface area contributed by atoms with Crippen molar-refractivity contribution in [1.82, 2.24) is 0 Å². The maximum Gasteiger partial charge on any atom is 0.347 e. The SMILES string of the molecule is CC(C)(Oc1ccc(C(=O)c2ccc(Cl)cc2Cl)cc1)C(=O)O. The Labute approximate surface area is 143 Å². The van der Waals surface area contributed by atoms with E-state index in [1.54, 1.807) is 36.4 Å². The first kappa shape index (κ1) is 17.3. The number of rotatable bonds is 5. The molecule has 0 fully saturated rings. The molecular formula is C17H14Cl2O4. The van der Waals surface area contributed by atoms with Gasteiger partial charge in [0.05, 0.1) is 5.02 Å². The summed E-state index contributed by atoms with van der Waals surface area (Å²) in [4.78, 5) is 23.5. The largest absolute Gasteiger partial charge is 0.478 e. The molecule has 0 unspecified atom stereocenters. The van der Waals surface area contributed by atoms with Crippen LogP contribution in [0.1, 0.15) is 29.8 Å². The minimum absolute atomic E-state index is 0.254. The highest BCUT2D eigenvalue weighted by molar-refractivity contribution is 6.37. The number of hydrogen-bond donors (Lipinski definition) is 1. The molecule has 0 radical (unpaired) electrons. The molecule has 0 saturated heterocycles. The van der Waals surface area contributed by atoms with E-state index in [4.69, 9.17) is 33.0 Å². The normalized spacial score (nSPS) is 11.1. The summed E-state index contributed by atoms with van der Waals surface area (Å²) < 4.78 is 5.39. The zero-order chi connectivity index (χ0) is 17.2. The minimum atomic E-state index is -1.36. The van der Waals surface area contributed by atoms with Gasteiger partial charge in [0.15, 0.2) is 11.4 Å². The van der Waals surface area contributed by atoms with Crippen molar-refractivity contribution in [2.24, 2.45) is 0 Å².